The van der Waals surface area contributed by atoms with Gasteiger partial charge in [0.25, 0.3) is 0 Å². The molecule has 2 aromatic carbocycles. The Labute approximate surface area is 232 Å². The molecule has 3 aliphatic heterocycles. The van der Waals surface area contributed by atoms with Gasteiger partial charge in [0, 0.05) is 38.8 Å². The Kier molecular flexibility index (Phi) is 9.40. The van der Waals surface area contributed by atoms with Crippen molar-refractivity contribution in [1.29, 1.82) is 0 Å². The molecule has 1 amide bonds. The molecule has 212 valence electrons. The van der Waals surface area contributed by atoms with Crippen LogP contribution in [0.2, 0.25) is 0 Å². The van der Waals surface area contributed by atoms with E-state index in [0.29, 0.717) is 19.0 Å². The number of fused-ring (bicyclic) bond motifs is 2. The molecule has 3 heterocycles. The zero-order valence-corrected chi connectivity index (χ0v) is 23.3. The van der Waals surface area contributed by atoms with Gasteiger partial charge < -0.3 is 25.2 Å². The monoisotopic (exact) mass is 536 g/mol. The van der Waals surface area contributed by atoms with Crippen LogP contribution in [0.4, 0.5) is 0 Å². The predicted octanol–water partition coefficient (Wildman–Crippen LogP) is 3.84. The Morgan fingerprint density at radius 2 is 1.90 bits per heavy atom. The number of hydrogen-bond acceptors (Lipinski definition) is 7. The largest absolute Gasteiger partial charge is 0.454 e. The summed E-state index contributed by atoms with van der Waals surface area (Å²) in [6, 6.07) is 14.7. The van der Waals surface area contributed by atoms with E-state index >= 15 is 0 Å². The number of likely N-dealkylation sites (tertiary alicyclic amines) is 1. The molecule has 3 aliphatic rings. The summed E-state index contributed by atoms with van der Waals surface area (Å²) in [6.45, 7) is 7.50. The van der Waals surface area contributed by atoms with Crippen LogP contribution in [0.25, 0.3) is 0 Å². The lowest BCUT2D eigenvalue weighted by Gasteiger charge is -2.30. The number of rotatable bonds is 13. The highest BCUT2D eigenvalue weighted by molar-refractivity contribution is 5.78. The second-order valence-corrected chi connectivity index (χ2v) is 11.2. The van der Waals surface area contributed by atoms with Crippen LogP contribution in [0.5, 0.6) is 11.5 Å². The number of nitrogens with two attached hydrogens (primary N) is 1. The summed E-state index contributed by atoms with van der Waals surface area (Å²) in [4.78, 5) is 20.2. The number of benzene rings is 2. The molecule has 0 spiro atoms. The summed E-state index contributed by atoms with van der Waals surface area (Å²) >= 11 is 0. The highest BCUT2D eigenvalue weighted by Gasteiger charge is 2.36. The Hall–Kier alpha value is -2.65. The smallest absolute Gasteiger partial charge is 0.236 e. The van der Waals surface area contributed by atoms with E-state index in [4.69, 9.17) is 15.2 Å². The standard InChI is InChI=1S/C31H44N4O4/c1-2-3-14-33(15-7-6-13-32)30(36)21-35-20-25(23-10-11-28-29(18-23)39-22-38-28)17-26(35)12-16-34-19-24-8-4-5-9-27(24)31(34)37/h4-5,8-11,18,25-26,31,37H,2-3,6-7,12-17,19-22,32H2,1H3/t25-,26+,31?/m1/s1. The Morgan fingerprint density at radius 3 is 2.72 bits per heavy atom. The van der Waals surface area contributed by atoms with E-state index in [0.717, 1.165) is 88.3 Å². The molecule has 8 nitrogen and oxygen atoms in total. The lowest BCUT2D eigenvalue weighted by atomic mass is 9.95. The molecule has 39 heavy (non-hydrogen) atoms. The highest BCUT2D eigenvalue weighted by atomic mass is 16.7. The van der Waals surface area contributed by atoms with Gasteiger partial charge in [-0.1, -0.05) is 43.7 Å². The first kappa shape index (κ1) is 27.9. The first-order valence-corrected chi connectivity index (χ1v) is 14.7. The van der Waals surface area contributed by atoms with Gasteiger partial charge in [-0.3, -0.25) is 14.6 Å². The molecular weight excluding hydrogens is 492 g/mol. The van der Waals surface area contributed by atoms with Crippen molar-refractivity contribution in [3.05, 3.63) is 59.2 Å². The molecule has 1 unspecified atom stereocenters. The van der Waals surface area contributed by atoms with Gasteiger partial charge in [0.05, 0.1) is 6.54 Å². The van der Waals surface area contributed by atoms with E-state index < -0.39 is 6.23 Å². The molecule has 1 fully saturated rings. The molecule has 0 radical (unpaired) electrons. The fraction of sp³-hybridized carbons (Fsp3) is 0.581. The first-order chi connectivity index (χ1) is 19.1. The van der Waals surface area contributed by atoms with E-state index in [9.17, 15) is 9.90 Å². The van der Waals surface area contributed by atoms with Crippen molar-refractivity contribution >= 4 is 5.91 Å². The number of carbonyl (C=O) groups excluding carboxylic acids is 1. The number of ether oxygens (including phenoxy) is 2. The van der Waals surface area contributed by atoms with Gasteiger partial charge in [-0.15, -0.1) is 0 Å². The maximum atomic E-state index is 13.6. The Bertz CT molecular complexity index is 1110. The van der Waals surface area contributed by atoms with Crippen molar-refractivity contribution in [2.24, 2.45) is 5.73 Å². The van der Waals surface area contributed by atoms with E-state index in [1.54, 1.807) is 0 Å². The third kappa shape index (κ3) is 6.57. The summed E-state index contributed by atoms with van der Waals surface area (Å²) in [5.41, 5.74) is 9.17. The number of carbonyl (C=O) groups is 1. The van der Waals surface area contributed by atoms with Crippen LogP contribution in [0.3, 0.4) is 0 Å². The van der Waals surface area contributed by atoms with Crippen LogP contribution < -0.4 is 15.2 Å². The first-order valence-electron chi connectivity index (χ1n) is 14.7. The Morgan fingerprint density at radius 1 is 1.08 bits per heavy atom. The zero-order valence-electron chi connectivity index (χ0n) is 23.3. The molecule has 0 saturated carbocycles. The second-order valence-electron chi connectivity index (χ2n) is 11.2. The van der Waals surface area contributed by atoms with Crippen molar-refractivity contribution in [1.82, 2.24) is 14.7 Å². The lowest BCUT2D eigenvalue weighted by molar-refractivity contribution is -0.133. The number of aliphatic hydroxyl groups excluding tert-OH is 1. The van der Waals surface area contributed by atoms with Crippen LogP contribution in [-0.2, 0) is 11.3 Å². The van der Waals surface area contributed by atoms with Crippen LogP contribution in [0, 0.1) is 0 Å². The number of aliphatic hydroxyl groups is 1. The summed E-state index contributed by atoms with van der Waals surface area (Å²) in [5.74, 6) is 2.14. The second kappa shape index (κ2) is 13.1. The zero-order chi connectivity index (χ0) is 27.2. The fourth-order valence-corrected chi connectivity index (χ4v) is 6.27. The summed E-state index contributed by atoms with van der Waals surface area (Å²) in [7, 11) is 0. The highest BCUT2D eigenvalue weighted by Crippen LogP contribution is 2.40. The average Bonchev–Trinajstić information content (AvgIpc) is 3.66. The molecule has 2 aromatic rings. The average molecular weight is 537 g/mol. The Balaban J connectivity index is 1.27. The minimum Gasteiger partial charge on any atom is -0.454 e. The molecule has 1 saturated heterocycles. The number of nitrogens with zero attached hydrogens (tertiary/aromatic N) is 3. The van der Waals surface area contributed by atoms with Crippen molar-refractivity contribution in [2.75, 3.05) is 46.1 Å². The van der Waals surface area contributed by atoms with E-state index in [-0.39, 0.29) is 18.7 Å². The van der Waals surface area contributed by atoms with Gasteiger partial charge in [0.15, 0.2) is 11.5 Å². The maximum Gasteiger partial charge on any atom is 0.236 e. The quantitative estimate of drug-likeness (QED) is 0.376. The molecule has 8 heteroatoms. The van der Waals surface area contributed by atoms with Gasteiger partial charge in [-0.2, -0.15) is 0 Å². The minimum absolute atomic E-state index is 0.213. The predicted molar refractivity (Wildman–Crippen MR) is 151 cm³/mol. The van der Waals surface area contributed by atoms with Crippen molar-refractivity contribution < 1.29 is 19.4 Å². The van der Waals surface area contributed by atoms with Gasteiger partial charge in [0.2, 0.25) is 12.7 Å². The van der Waals surface area contributed by atoms with E-state index in [1.807, 2.05) is 29.2 Å². The normalized spacial score (nSPS) is 22.4. The van der Waals surface area contributed by atoms with Gasteiger partial charge >= 0.3 is 0 Å². The molecular formula is C31H44N4O4. The topological polar surface area (TPSA) is 91.5 Å². The van der Waals surface area contributed by atoms with Crippen molar-refractivity contribution in [3.63, 3.8) is 0 Å². The van der Waals surface area contributed by atoms with Crippen LogP contribution in [0.1, 0.15) is 74.3 Å². The number of amides is 1. The van der Waals surface area contributed by atoms with Crippen LogP contribution in [0.15, 0.2) is 42.5 Å². The summed E-state index contributed by atoms with van der Waals surface area (Å²) in [6.07, 6.45) is 5.30. The fourth-order valence-electron chi connectivity index (χ4n) is 6.27. The SMILES string of the molecule is CCCCN(CCCCN)C(=O)CN1C[C@H](c2ccc3c(c2)OCO3)C[C@@H]1CCN1Cc2ccccc2C1O. The molecule has 3 N–H and O–H groups in total. The van der Waals surface area contributed by atoms with E-state index in [2.05, 4.69) is 34.9 Å². The molecule has 0 aromatic heterocycles. The number of hydrogen-bond donors (Lipinski definition) is 2. The van der Waals surface area contributed by atoms with Crippen molar-refractivity contribution in [3.8, 4) is 11.5 Å². The van der Waals surface area contributed by atoms with E-state index in [1.165, 1.54) is 11.1 Å². The summed E-state index contributed by atoms with van der Waals surface area (Å²) < 4.78 is 11.2. The molecule has 3 atom stereocenters. The third-order valence-electron chi connectivity index (χ3n) is 8.55. The van der Waals surface area contributed by atoms with Crippen LogP contribution >= 0.6 is 0 Å². The van der Waals surface area contributed by atoms with Gasteiger partial charge in [-0.05, 0) is 73.4 Å². The number of unbranched alkanes of at least 4 members (excludes halogenated alkanes) is 2. The van der Waals surface area contributed by atoms with Gasteiger partial charge in [0.1, 0.15) is 6.23 Å². The lowest BCUT2D eigenvalue weighted by Crippen LogP contribution is -2.44. The minimum atomic E-state index is -0.561. The maximum absolute atomic E-state index is 13.6. The van der Waals surface area contributed by atoms with Crippen LogP contribution in [-0.4, -0.2) is 77.8 Å². The van der Waals surface area contributed by atoms with Gasteiger partial charge in [-0.25, -0.2) is 0 Å². The molecule has 0 bridgehead atoms. The molecule has 5 rings (SSSR count). The summed E-state index contributed by atoms with van der Waals surface area (Å²) in [5, 5.41) is 10.9. The molecule has 0 aliphatic carbocycles. The van der Waals surface area contributed by atoms with Crippen molar-refractivity contribution in [2.45, 2.75) is 70.2 Å². The third-order valence-corrected chi connectivity index (χ3v) is 8.55.